The first-order valence-electron chi connectivity index (χ1n) is 5.42. The van der Waals surface area contributed by atoms with E-state index in [1.807, 2.05) is 0 Å². The van der Waals surface area contributed by atoms with Gasteiger partial charge in [-0.15, -0.1) is 0 Å². The molecule has 2 rings (SSSR count). The summed E-state index contributed by atoms with van der Waals surface area (Å²) < 4.78 is 4.85. The van der Waals surface area contributed by atoms with Gasteiger partial charge in [-0.1, -0.05) is 0 Å². The maximum atomic E-state index is 11.5. The van der Waals surface area contributed by atoms with E-state index in [2.05, 4.69) is 10.5 Å². The minimum atomic E-state index is -0.626. The molecule has 0 spiro atoms. The SMILES string of the molecule is O=C(N/N=C/c1ccc([N+](=O)[O-])cc1O)c1ccco1. The summed E-state index contributed by atoms with van der Waals surface area (Å²) in [5.41, 5.74) is 2.18. The second-order valence-electron chi connectivity index (χ2n) is 3.68. The third-order valence-electron chi connectivity index (χ3n) is 2.34. The number of benzene rings is 1. The Kier molecular flexibility index (Phi) is 3.75. The Morgan fingerprint density at radius 2 is 2.25 bits per heavy atom. The molecule has 0 bridgehead atoms. The van der Waals surface area contributed by atoms with Gasteiger partial charge in [0.05, 0.1) is 23.5 Å². The van der Waals surface area contributed by atoms with Crippen molar-refractivity contribution < 1.29 is 19.2 Å². The van der Waals surface area contributed by atoms with Crippen molar-refractivity contribution in [1.29, 1.82) is 0 Å². The topological polar surface area (TPSA) is 118 Å². The number of nitrogens with one attached hydrogen (secondary N) is 1. The molecule has 1 aromatic heterocycles. The molecule has 8 heteroatoms. The highest BCUT2D eigenvalue weighted by atomic mass is 16.6. The fraction of sp³-hybridized carbons (Fsp3) is 0. The molecule has 2 N–H and O–H groups in total. The van der Waals surface area contributed by atoms with E-state index in [1.54, 1.807) is 6.07 Å². The number of hydrogen-bond acceptors (Lipinski definition) is 6. The molecule has 0 radical (unpaired) electrons. The number of nitro benzene ring substituents is 1. The molecule has 0 aliphatic carbocycles. The molecule has 102 valence electrons. The summed E-state index contributed by atoms with van der Waals surface area (Å²) in [5, 5.41) is 23.7. The van der Waals surface area contributed by atoms with Crippen molar-refractivity contribution in [2.45, 2.75) is 0 Å². The average Bonchev–Trinajstić information content (AvgIpc) is 2.94. The molecule has 20 heavy (non-hydrogen) atoms. The standard InChI is InChI=1S/C12H9N3O5/c16-10-6-9(15(18)19)4-3-8(10)7-13-14-12(17)11-2-1-5-20-11/h1-7,16H,(H,14,17)/b13-7+. The smallest absolute Gasteiger partial charge is 0.307 e. The van der Waals surface area contributed by atoms with Gasteiger partial charge in [0.25, 0.3) is 5.69 Å². The molecule has 0 fully saturated rings. The van der Waals surface area contributed by atoms with E-state index in [9.17, 15) is 20.0 Å². The van der Waals surface area contributed by atoms with Gasteiger partial charge in [-0.2, -0.15) is 5.10 Å². The molecule has 0 unspecified atom stereocenters. The molecule has 2 aromatic rings. The number of carbonyl (C=O) groups is 1. The second-order valence-corrected chi connectivity index (χ2v) is 3.68. The molecule has 0 saturated carbocycles. The summed E-state index contributed by atoms with van der Waals surface area (Å²) >= 11 is 0. The predicted molar refractivity (Wildman–Crippen MR) is 68.5 cm³/mol. The van der Waals surface area contributed by atoms with Crippen LogP contribution in [0.3, 0.4) is 0 Å². The van der Waals surface area contributed by atoms with Crippen molar-refractivity contribution in [3.05, 3.63) is 58.0 Å². The number of rotatable bonds is 4. The Bertz CT molecular complexity index is 664. The number of nitrogens with zero attached hydrogens (tertiary/aromatic N) is 2. The van der Waals surface area contributed by atoms with Crippen molar-refractivity contribution in [3.8, 4) is 5.75 Å². The van der Waals surface area contributed by atoms with Gasteiger partial charge in [0, 0.05) is 11.6 Å². The fourth-order valence-corrected chi connectivity index (χ4v) is 1.38. The van der Waals surface area contributed by atoms with Gasteiger partial charge in [0.1, 0.15) is 5.75 Å². The molecular formula is C12H9N3O5. The highest BCUT2D eigenvalue weighted by Gasteiger charge is 2.09. The van der Waals surface area contributed by atoms with E-state index in [4.69, 9.17) is 4.42 Å². The van der Waals surface area contributed by atoms with Crippen LogP contribution in [0, 0.1) is 10.1 Å². The first kappa shape index (κ1) is 13.3. The zero-order chi connectivity index (χ0) is 14.5. The summed E-state index contributed by atoms with van der Waals surface area (Å²) in [5.74, 6) is -0.766. The van der Waals surface area contributed by atoms with Crippen LogP contribution in [0.1, 0.15) is 16.1 Å². The van der Waals surface area contributed by atoms with Crippen LogP contribution in [0.5, 0.6) is 5.75 Å². The van der Waals surface area contributed by atoms with Crippen molar-refractivity contribution in [1.82, 2.24) is 5.43 Å². The average molecular weight is 275 g/mol. The van der Waals surface area contributed by atoms with Crippen LogP contribution in [-0.4, -0.2) is 22.2 Å². The number of nitro groups is 1. The summed E-state index contributed by atoms with van der Waals surface area (Å²) in [6.07, 6.45) is 2.51. The lowest BCUT2D eigenvalue weighted by Gasteiger charge is -1.99. The number of carbonyl (C=O) groups excluding carboxylic acids is 1. The molecule has 1 heterocycles. The Hall–Kier alpha value is -3.16. The van der Waals surface area contributed by atoms with Gasteiger partial charge in [0.15, 0.2) is 5.76 Å². The number of furan rings is 1. The van der Waals surface area contributed by atoms with E-state index in [1.165, 1.54) is 30.7 Å². The van der Waals surface area contributed by atoms with Gasteiger partial charge in [0.2, 0.25) is 0 Å². The zero-order valence-electron chi connectivity index (χ0n) is 10.0. The highest BCUT2D eigenvalue weighted by molar-refractivity contribution is 5.92. The number of phenolic OH excluding ortho intramolecular Hbond substituents is 1. The number of hydrazone groups is 1. The van der Waals surface area contributed by atoms with E-state index in [-0.39, 0.29) is 22.8 Å². The Labute approximate surface area is 112 Å². The minimum absolute atomic E-state index is 0.0927. The van der Waals surface area contributed by atoms with Crippen molar-refractivity contribution in [2.75, 3.05) is 0 Å². The van der Waals surface area contributed by atoms with E-state index < -0.39 is 10.8 Å². The lowest BCUT2D eigenvalue weighted by molar-refractivity contribution is -0.384. The van der Waals surface area contributed by atoms with Crippen molar-refractivity contribution in [2.24, 2.45) is 5.10 Å². The van der Waals surface area contributed by atoms with Crippen molar-refractivity contribution >= 4 is 17.8 Å². The molecular weight excluding hydrogens is 266 g/mol. The maximum Gasteiger partial charge on any atom is 0.307 e. The molecule has 0 saturated heterocycles. The molecule has 0 atom stereocenters. The minimum Gasteiger partial charge on any atom is -0.507 e. The van der Waals surface area contributed by atoms with Gasteiger partial charge < -0.3 is 9.52 Å². The Balaban J connectivity index is 2.05. The van der Waals surface area contributed by atoms with Crippen LogP contribution in [0.4, 0.5) is 5.69 Å². The number of non-ortho nitro benzene ring substituents is 1. The maximum absolute atomic E-state index is 11.5. The predicted octanol–water partition coefficient (Wildman–Crippen LogP) is 1.66. The van der Waals surface area contributed by atoms with Crippen LogP contribution < -0.4 is 5.43 Å². The molecule has 8 nitrogen and oxygen atoms in total. The van der Waals surface area contributed by atoms with E-state index in [0.29, 0.717) is 0 Å². The Morgan fingerprint density at radius 1 is 1.45 bits per heavy atom. The van der Waals surface area contributed by atoms with Crippen LogP contribution in [-0.2, 0) is 0 Å². The summed E-state index contributed by atoms with van der Waals surface area (Å²) in [7, 11) is 0. The van der Waals surface area contributed by atoms with Crippen LogP contribution in [0.2, 0.25) is 0 Å². The van der Waals surface area contributed by atoms with Gasteiger partial charge in [-0.05, 0) is 18.2 Å². The number of phenols is 1. The largest absolute Gasteiger partial charge is 0.507 e. The lowest BCUT2D eigenvalue weighted by Crippen LogP contribution is -2.16. The lowest BCUT2D eigenvalue weighted by atomic mass is 10.2. The Morgan fingerprint density at radius 3 is 2.85 bits per heavy atom. The van der Waals surface area contributed by atoms with Gasteiger partial charge in [-0.3, -0.25) is 14.9 Å². The number of aromatic hydroxyl groups is 1. The van der Waals surface area contributed by atoms with Gasteiger partial charge in [-0.25, -0.2) is 5.43 Å². The monoisotopic (exact) mass is 275 g/mol. The summed E-state index contributed by atoms with van der Waals surface area (Å²) in [6.45, 7) is 0. The number of amides is 1. The molecule has 1 amide bonds. The molecule has 0 aliphatic heterocycles. The molecule has 0 aliphatic rings. The first-order valence-corrected chi connectivity index (χ1v) is 5.42. The van der Waals surface area contributed by atoms with E-state index >= 15 is 0 Å². The first-order chi connectivity index (χ1) is 9.58. The van der Waals surface area contributed by atoms with E-state index in [0.717, 1.165) is 6.07 Å². The third-order valence-corrected chi connectivity index (χ3v) is 2.34. The van der Waals surface area contributed by atoms with Crippen LogP contribution in [0.25, 0.3) is 0 Å². The van der Waals surface area contributed by atoms with Gasteiger partial charge >= 0.3 is 5.91 Å². The second kappa shape index (κ2) is 5.65. The molecule has 1 aromatic carbocycles. The van der Waals surface area contributed by atoms with Crippen molar-refractivity contribution in [3.63, 3.8) is 0 Å². The quantitative estimate of drug-likeness (QED) is 0.499. The fourth-order valence-electron chi connectivity index (χ4n) is 1.38. The third kappa shape index (κ3) is 2.99. The summed E-state index contributed by atoms with van der Waals surface area (Å²) in [6, 6.07) is 6.55. The normalized spacial score (nSPS) is 10.6. The highest BCUT2D eigenvalue weighted by Crippen LogP contribution is 2.21. The summed E-state index contributed by atoms with van der Waals surface area (Å²) in [4.78, 5) is 21.3. The van der Waals surface area contributed by atoms with Crippen LogP contribution in [0.15, 0.2) is 46.1 Å². The zero-order valence-corrected chi connectivity index (χ0v) is 10.0. The number of hydrogen-bond donors (Lipinski definition) is 2. The van der Waals surface area contributed by atoms with Crippen LogP contribution >= 0.6 is 0 Å².